The lowest BCUT2D eigenvalue weighted by Gasteiger charge is -2.30. The van der Waals surface area contributed by atoms with E-state index < -0.39 is 84.9 Å². The van der Waals surface area contributed by atoms with Crippen LogP contribution >= 0.6 is 0 Å². The average molecular weight is 782 g/mol. The smallest absolute Gasteiger partial charge is 0.248 e. The Hall–Kier alpha value is -3.79. The predicted molar refractivity (Wildman–Crippen MR) is 209 cm³/mol. The van der Waals surface area contributed by atoms with Gasteiger partial charge in [-0.15, -0.1) is 0 Å². The van der Waals surface area contributed by atoms with Gasteiger partial charge in [-0.05, 0) is 44.4 Å². The third-order valence-electron chi connectivity index (χ3n) is 9.78. The van der Waals surface area contributed by atoms with E-state index in [0.717, 1.165) is 19.3 Å². The molecular weight excluding hydrogens is 710 g/mol. The molecule has 9 N–H and O–H groups in total. The van der Waals surface area contributed by atoms with E-state index in [9.17, 15) is 43.8 Å². The highest BCUT2D eigenvalue weighted by molar-refractivity contribution is 5.96. The summed E-state index contributed by atoms with van der Waals surface area (Å²) in [5, 5.41) is 32.8. The van der Waals surface area contributed by atoms with Gasteiger partial charge in [0.1, 0.15) is 30.2 Å². The second kappa shape index (κ2) is 26.9. The fourth-order valence-electron chi connectivity index (χ4n) is 6.57. The molecule has 1 rings (SSSR count). The van der Waals surface area contributed by atoms with Crippen molar-refractivity contribution >= 4 is 41.4 Å². The van der Waals surface area contributed by atoms with Crippen LogP contribution in [0, 0.1) is 11.8 Å². The highest BCUT2D eigenvalue weighted by Crippen LogP contribution is 2.19. The second-order valence-corrected chi connectivity index (χ2v) is 15.6. The van der Waals surface area contributed by atoms with Gasteiger partial charge in [0.25, 0.3) is 0 Å². The highest BCUT2D eigenvalue weighted by atomic mass is 16.3. The van der Waals surface area contributed by atoms with E-state index in [1.54, 1.807) is 13.8 Å². The number of aliphatic hydroxyl groups excluding tert-OH is 2. The summed E-state index contributed by atoms with van der Waals surface area (Å²) < 4.78 is 0. The zero-order valence-corrected chi connectivity index (χ0v) is 34.1. The maximum Gasteiger partial charge on any atom is 0.248 e. The molecule has 0 spiro atoms. The van der Waals surface area contributed by atoms with Crippen LogP contribution in [0.4, 0.5) is 0 Å². The number of aliphatic hydroxyl groups is 2. The van der Waals surface area contributed by atoms with Gasteiger partial charge in [0.05, 0.1) is 19.3 Å². The van der Waals surface area contributed by atoms with E-state index in [-0.39, 0.29) is 37.1 Å². The Bertz CT molecular complexity index is 1230. The normalized spacial score (nSPS) is 16.8. The molecule has 1 heterocycles. The molecule has 316 valence electrons. The van der Waals surface area contributed by atoms with Crippen molar-refractivity contribution in [2.24, 2.45) is 17.6 Å². The van der Waals surface area contributed by atoms with E-state index in [0.29, 0.717) is 19.3 Å². The molecule has 6 atom stereocenters. The van der Waals surface area contributed by atoms with Crippen LogP contribution in [-0.4, -0.2) is 112 Å². The van der Waals surface area contributed by atoms with Crippen LogP contribution in [0.3, 0.4) is 0 Å². The molecule has 16 heteroatoms. The standard InChI is InChI=1S/C39H71N7O9/c1-7-8-9-10-11-12-13-14-15-16-17-20-31(49)44-33(26(4)5)38(54)43-29(24-47)36(52)41-23-32(50)42-28(22-25(2)3)37(53)45-34(27(6)48)39(55)46-21-18-19-30(46)35(40)51/h25-30,33-34,47-48H,7-24H2,1-6H3,(H2,40,51)(H,41,52)(H,42,50)(H,43,54)(H,44,49)(H,45,53)/t27-,28+,29+,30+,33+,34+/m1/s1. The molecule has 0 radical (unpaired) electrons. The van der Waals surface area contributed by atoms with Crippen molar-refractivity contribution in [3.63, 3.8) is 0 Å². The Kier molecular flexibility index (Phi) is 24.1. The number of unbranched alkanes of at least 4 members (excludes halogenated alkanes) is 10. The highest BCUT2D eigenvalue weighted by Gasteiger charge is 2.39. The summed E-state index contributed by atoms with van der Waals surface area (Å²) in [6.07, 6.45) is 12.7. The average Bonchev–Trinajstić information content (AvgIpc) is 3.62. The first-order chi connectivity index (χ1) is 26.0. The summed E-state index contributed by atoms with van der Waals surface area (Å²) >= 11 is 0. The molecule has 1 fully saturated rings. The lowest BCUT2D eigenvalue weighted by Crippen LogP contribution is -2.60. The molecule has 0 unspecified atom stereocenters. The van der Waals surface area contributed by atoms with Gasteiger partial charge in [0.2, 0.25) is 41.4 Å². The molecule has 0 aromatic rings. The molecule has 55 heavy (non-hydrogen) atoms. The van der Waals surface area contributed by atoms with E-state index in [4.69, 9.17) is 5.73 Å². The third-order valence-corrected chi connectivity index (χ3v) is 9.78. The Morgan fingerprint density at radius 3 is 1.80 bits per heavy atom. The molecule has 1 saturated heterocycles. The second-order valence-electron chi connectivity index (χ2n) is 15.6. The Balaban J connectivity index is 2.67. The summed E-state index contributed by atoms with van der Waals surface area (Å²) in [4.78, 5) is 91.3. The van der Waals surface area contributed by atoms with Crippen molar-refractivity contribution in [1.82, 2.24) is 31.5 Å². The zero-order chi connectivity index (χ0) is 41.5. The maximum atomic E-state index is 13.3. The fraction of sp³-hybridized carbons (Fsp3) is 0.821. The Labute approximate surface area is 327 Å². The fourth-order valence-corrected chi connectivity index (χ4v) is 6.57. The summed E-state index contributed by atoms with van der Waals surface area (Å²) in [5.41, 5.74) is 5.44. The number of nitrogens with one attached hydrogen (secondary N) is 5. The van der Waals surface area contributed by atoms with Crippen molar-refractivity contribution in [3.8, 4) is 0 Å². The topological polar surface area (TPSA) is 249 Å². The quantitative estimate of drug-likeness (QED) is 0.0532. The first-order valence-corrected chi connectivity index (χ1v) is 20.4. The first kappa shape index (κ1) is 49.2. The van der Waals surface area contributed by atoms with Gasteiger partial charge < -0.3 is 47.4 Å². The molecule has 0 bridgehead atoms. The maximum absolute atomic E-state index is 13.3. The van der Waals surface area contributed by atoms with Crippen molar-refractivity contribution in [3.05, 3.63) is 0 Å². The number of nitrogens with zero attached hydrogens (tertiary/aromatic N) is 1. The van der Waals surface area contributed by atoms with E-state index in [1.165, 1.54) is 56.8 Å². The van der Waals surface area contributed by atoms with Crippen LogP contribution in [-0.2, 0) is 33.6 Å². The van der Waals surface area contributed by atoms with Crippen molar-refractivity contribution in [2.75, 3.05) is 19.7 Å². The lowest BCUT2D eigenvalue weighted by atomic mass is 10.0. The molecule has 1 aliphatic rings. The Morgan fingerprint density at radius 1 is 0.709 bits per heavy atom. The summed E-state index contributed by atoms with van der Waals surface area (Å²) in [5.74, 6) is -5.09. The van der Waals surface area contributed by atoms with Crippen LogP contribution in [0.5, 0.6) is 0 Å². The summed E-state index contributed by atoms with van der Waals surface area (Å²) in [7, 11) is 0. The van der Waals surface area contributed by atoms with Gasteiger partial charge in [0.15, 0.2) is 0 Å². The van der Waals surface area contributed by atoms with Crippen molar-refractivity contribution < 1.29 is 43.8 Å². The number of rotatable bonds is 28. The minimum Gasteiger partial charge on any atom is -0.394 e. The van der Waals surface area contributed by atoms with E-state index in [1.807, 2.05) is 13.8 Å². The molecule has 1 aliphatic heterocycles. The van der Waals surface area contributed by atoms with Crippen LogP contribution in [0.25, 0.3) is 0 Å². The largest absolute Gasteiger partial charge is 0.394 e. The number of carbonyl (C=O) groups is 7. The molecule has 0 aliphatic carbocycles. The van der Waals surface area contributed by atoms with Gasteiger partial charge in [-0.1, -0.05) is 98.8 Å². The van der Waals surface area contributed by atoms with Crippen LogP contribution in [0.15, 0.2) is 0 Å². The zero-order valence-electron chi connectivity index (χ0n) is 34.1. The predicted octanol–water partition coefficient (Wildman–Crippen LogP) is 1.29. The van der Waals surface area contributed by atoms with Crippen LogP contribution in [0.2, 0.25) is 0 Å². The monoisotopic (exact) mass is 782 g/mol. The Morgan fingerprint density at radius 2 is 1.29 bits per heavy atom. The number of primary amides is 1. The minimum absolute atomic E-state index is 0.0905. The minimum atomic E-state index is -1.42. The summed E-state index contributed by atoms with van der Waals surface area (Å²) in [6, 6.07) is -5.79. The van der Waals surface area contributed by atoms with Crippen molar-refractivity contribution in [1.29, 1.82) is 0 Å². The van der Waals surface area contributed by atoms with Gasteiger partial charge in [-0.2, -0.15) is 0 Å². The van der Waals surface area contributed by atoms with Crippen LogP contribution in [0.1, 0.15) is 138 Å². The van der Waals surface area contributed by atoms with Gasteiger partial charge in [0, 0.05) is 13.0 Å². The van der Waals surface area contributed by atoms with E-state index in [2.05, 4.69) is 33.5 Å². The van der Waals surface area contributed by atoms with Crippen LogP contribution < -0.4 is 32.3 Å². The number of amides is 7. The number of hydrogen-bond acceptors (Lipinski definition) is 9. The van der Waals surface area contributed by atoms with Gasteiger partial charge in [-0.3, -0.25) is 33.6 Å². The van der Waals surface area contributed by atoms with E-state index >= 15 is 0 Å². The van der Waals surface area contributed by atoms with Gasteiger partial charge >= 0.3 is 0 Å². The summed E-state index contributed by atoms with van der Waals surface area (Å²) in [6.45, 7) is 9.50. The molecule has 16 nitrogen and oxygen atoms in total. The molecule has 0 aromatic heterocycles. The van der Waals surface area contributed by atoms with Gasteiger partial charge in [-0.25, -0.2) is 0 Å². The number of likely N-dealkylation sites (tertiary alicyclic amines) is 1. The molecule has 0 aromatic carbocycles. The number of hydrogen-bond donors (Lipinski definition) is 8. The number of carbonyl (C=O) groups excluding carboxylic acids is 7. The molecular formula is C39H71N7O9. The van der Waals surface area contributed by atoms with Crippen molar-refractivity contribution in [2.45, 2.75) is 174 Å². The molecule has 0 saturated carbocycles. The number of nitrogens with two attached hydrogens (primary N) is 1. The third kappa shape index (κ3) is 19.1. The first-order valence-electron chi connectivity index (χ1n) is 20.4. The SMILES string of the molecule is CCCCCCCCCCCCCC(=O)N[C@H](C(=O)N[C@@H](CO)C(=O)NCC(=O)N[C@@H](CC(C)C)C(=O)N[C@H](C(=O)N1CCC[C@H]1C(N)=O)[C@@H](C)O)C(C)C. The lowest BCUT2D eigenvalue weighted by molar-refractivity contribution is -0.143. The molecule has 7 amide bonds.